The molecule has 0 saturated carbocycles. The lowest BCUT2D eigenvalue weighted by molar-refractivity contribution is -0.140. The number of hydrogen-bond donors (Lipinski definition) is 6. The lowest BCUT2D eigenvalue weighted by Crippen LogP contribution is -2.47. The third-order valence-corrected chi connectivity index (χ3v) is 4.92. The molecule has 6 N–H and O–H groups in total. The molecule has 0 saturated heterocycles. The van der Waals surface area contributed by atoms with Gasteiger partial charge in [0.1, 0.15) is 11.9 Å². The molecule has 31 heavy (non-hydrogen) atoms. The Morgan fingerprint density at radius 1 is 1.16 bits per heavy atom. The van der Waals surface area contributed by atoms with E-state index in [-0.39, 0.29) is 19.0 Å². The summed E-state index contributed by atoms with van der Waals surface area (Å²) in [6.07, 6.45) is 1.17. The van der Waals surface area contributed by atoms with Crippen molar-refractivity contribution in [3.05, 3.63) is 59.3 Å². The van der Waals surface area contributed by atoms with Crippen molar-refractivity contribution in [3.63, 3.8) is 0 Å². The van der Waals surface area contributed by atoms with Gasteiger partial charge in [0.25, 0.3) is 5.91 Å². The van der Waals surface area contributed by atoms with E-state index in [1.807, 2.05) is 12.1 Å². The number of rotatable bonds is 10. The average molecular weight is 427 g/mol. The van der Waals surface area contributed by atoms with Crippen LogP contribution in [0.4, 0.5) is 5.82 Å². The molecular weight excluding hydrogens is 402 g/mol. The molecule has 2 aromatic rings. The van der Waals surface area contributed by atoms with Gasteiger partial charge < -0.3 is 26.2 Å². The Morgan fingerprint density at radius 3 is 2.74 bits per heavy atom. The second-order valence-corrected chi connectivity index (χ2v) is 7.17. The van der Waals surface area contributed by atoms with Crippen molar-refractivity contribution in [2.75, 3.05) is 11.9 Å². The number of hydrogen-bond acceptors (Lipinski definition) is 7. The van der Waals surface area contributed by atoms with Gasteiger partial charge in [-0.1, -0.05) is 24.3 Å². The molecule has 3 rings (SSSR count). The van der Waals surface area contributed by atoms with Gasteiger partial charge in [0.2, 0.25) is 0 Å². The van der Waals surface area contributed by atoms with E-state index >= 15 is 0 Å². The normalized spacial score (nSPS) is 15.9. The fourth-order valence-electron chi connectivity index (χ4n) is 3.29. The van der Waals surface area contributed by atoms with Crippen molar-refractivity contribution in [1.29, 1.82) is 0 Å². The summed E-state index contributed by atoms with van der Waals surface area (Å²) >= 11 is 0. The van der Waals surface area contributed by atoms with Gasteiger partial charge in [-0.3, -0.25) is 14.9 Å². The summed E-state index contributed by atoms with van der Waals surface area (Å²) in [4.78, 5) is 39.1. The second-order valence-electron chi connectivity index (χ2n) is 7.17. The lowest BCUT2D eigenvalue weighted by Gasteiger charge is -2.27. The zero-order valence-corrected chi connectivity index (χ0v) is 16.8. The van der Waals surface area contributed by atoms with Crippen LogP contribution in [-0.2, 0) is 22.7 Å². The number of nitrogens with one attached hydrogen (secondary N) is 4. The van der Waals surface area contributed by atoms with E-state index in [4.69, 9.17) is 5.11 Å². The van der Waals surface area contributed by atoms with Gasteiger partial charge in [-0.2, -0.15) is 0 Å². The van der Waals surface area contributed by atoms with Crippen LogP contribution in [0.3, 0.4) is 0 Å². The molecule has 1 aromatic heterocycles. The summed E-state index contributed by atoms with van der Waals surface area (Å²) in [5, 5.41) is 30.4. The van der Waals surface area contributed by atoms with Crippen LogP contribution < -0.4 is 21.3 Å². The number of carbonyl (C=O) groups is 3. The number of carbonyl (C=O) groups excluding carboxylic acids is 1. The van der Waals surface area contributed by atoms with Crippen LogP contribution in [0.2, 0.25) is 0 Å². The molecule has 2 unspecified atom stereocenters. The van der Waals surface area contributed by atoms with Crippen molar-refractivity contribution in [3.8, 4) is 0 Å². The van der Waals surface area contributed by atoms with Gasteiger partial charge in [-0.15, -0.1) is 0 Å². The Morgan fingerprint density at radius 2 is 1.97 bits per heavy atom. The summed E-state index contributed by atoms with van der Waals surface area (Å²) in [6.45, 7) is 1.67. The van der Waals surface area contributed by atoms with Crippen LogP contribution >= 0.6 is 0 Å². The minimum absolute atomic E-state index is 0.0317. The summed E-state index contributed by atoms with van der Waals surface area (Å²) in [5.41, 5.74) is 2.14. The first-order chi connectivity index (χ1) is 14.9. The zero-order valence-electron chi connectivity index (χ0n) is 16.8. The largest absolute Gasteiger partial charge is 0.481 e. The summed E-state index contributed by atoms with van der Waals surface area (Å²) in [6, 6.07) is 9.50. The van der Waals surface area contributed by atoms with Crippen molar-refractivity contribution in [1.82, 2.24) is 20.9 Å². The summed E-state index contributed by atoms with van der Waals surface area (Å²) < 4.78 is 0. The van der Waals surface area contributed by atoms with E-state index in [0.29, 0.717) is 30.8 Å². The molecule has 164 valence electrons. The number of aromatic nitrogens is 1. The Hall–Kier alpha value is -3.50. The van der Waals surface area contributed by atoms with Gasteiger partial charge in [-0.05, 0) is 24.1 Å². The fourth-order valence-corrected chi connectivity index (χ4v) is 3.29. The minimum Gasteiger partial charge on any atom is -0.481 e. The highest BCUT2D eigenvalue weighted by Gasteiger charge is 2.23. The number of anilines is 1. The Labute approximate surface area is 179 Å². The van der Waals surface area contributed by atoms with Crippen LogP contribution in [0, 0.1) is 0 Å². The molecule has 10 nitrogen and oxygen atoms in total. The van der Waals surface area contributed by atoms with Crippen LogP contribution in [-0.4, -0.2) is 51.8 Å². The SMILES string of the molecule is O=C(O)CCC(NC(=O)c1ccccc1CNCC1NCc2cccnc2N1)C(=O)O. The quantitative estimate of drug-likeness (QED) is 0.323. The predicted molar refractivity (Wildman–Crippen MR) is 112 cm³/mol. The molecule has 2 heterocycles. The van der Waals surface area contributed by atoms with Gasteiger partial charge in [0, 0.05) is 43.4 Å². The van der Waals surface area contributed by atoms with Gasteiger partial charge >= 0.3 is 11.9 Å². The van der Waals surface area contributed by atoms with Crippen LogP contribution in [0.1, 0.15) is 34.3 Å². The van der Waals surface area contributed by atoms with Crippen molar-refractivity contribution < 1.29 is 24.6 Å². The molecular formula is C21H25N5O5. The van der Waals surface area contributed by atoms with Crippen molar-refractivity contribution >= 4 is 23.7 Å². The number of amides is 1. The first-order valence-electron chi connectivity index (χ1n) is 9.92. The molecule has 0 bridgehead atoms. The highest BCUT2D eigenvalue weighted by atomic mass is 16.4. The van der Waals surface area contributed by atoms with E-state index in [9.17, 15) is 19.5 Å². The van der Waals surface area contributed by atoms with Crippen LogP contribution in [0.5, 0.6) is 0 Å². The Kier molecular flexibility index (Phi) is 7.52. The molecule has 1 aliphatic rings. The highest BCUT2D eigenvalue weighted by molar-refractivity contribution is 5.97. The second kappa shape index (κ2) is 10.5. The number of pyridine rings is 1. The molecule has 1 aliphatic heterocycles. The minimum atomic E-state index is -1.27. The molecule has 10 heteroatoms. The average Bonchev–Trinajstić information content (AvgIpc) is 2.76. The van der Waals surface area contributed by atoms with Crippen LogP contribution in [0.15, 0.2) is 42.6 Å². The summed E-state index contributed by atoms with van der Waals surface area (Å²) in [7, 11) is 0. The number of aliphatic carboxylic acids is 2. The first kappa shape index (κ1) is 22.2. The van der Waals surface area contributed by atoms with Gasteiger partial charge in [-0.25, -0.2) is 9.78 Å². The van der Waals surface area contributed by atoms with Gasteiger partial charge in [0.15, 0.2) is 0 Å². The number of carboxylic acid groups (broad SMARTS) is 2. The molecule has 2 atom stereocenters. The lowest BCUT2D eigenvalue weighted by atomic mass is 10.1. The fraction of sp³-hybridized carbons (Fsp3) is 0.333. The molecule has 0 spiro atoms. The molecule has 0 radical (unpaired) electrons. The topological polar surface area (TPSA) is 153 Å². The van der Waals surface area contributed by atoms with E-state index in [0.717, 1.165) is 11.4 Å². The standard InChI is InChI=1S/C21H25N5O5/c27-18(28)8-7-16(21(30)31)25-20(29)15-6-2-1-4-13(15)10-22-12-17-24-11-14-5-3-9-23-19(14)26-17/h1-6,9,16-17,22,24H,7-8,10-12H2,(H,23,26)(H,25,29)(H,27,28)(H,30,31). The maximum Gasteiger partial charge on any atom is 0.326 e. The predicted octanol–water partition coefficient (Wildman–Crippen LogP) is 0.760. The molecule has 0 fully saturated rings. The number of benzene rings is 1. The van der Waals surface area contributed by atoms with E-state index in [1.54, 1.807) is 30.5 Å². The third kappa shape index (κ3) is 6.24. The monoisotopic (exact) mass is 427 g/mol. The zero-order chi connectivity index (χ0) is 22.2. The Balaban J connectivity index is 1.56. The molecule has 1 amide bonds. The van der Waals surface area contributed by atoms with Gasteiger partial charge in [0.05, 0.1) is 6.17 Å². The van der Waals surface area contributed by atoms with E-state index < -0.39 is 23.9 Å². The molecule has 1 aromatic carbocycles. The summed E-state index contributed by atoms with van der Waals surface area (Å²) in [5.74, 6) is -2.10. The van der Waals surface area contributed by atoms with E-state index in [1.165, 1.54) is 0 Å². The number of nitrogens with zero attached hydrogens (tertiary/aromatic N) is 1. The first-order valence-corrected chi connectivity index (χ1v) is 9.92. The van der Waals surface area contributed by atoms with E-state index in [2.05, 4.69) is 26.3 Å². The van der Waals surface area contributed by atoms with Crippen molar-refractivity contribution in [2.45, 2.75) is 38.1 Å². The smallest absolute Gasteiger partial charge is 0.326 e. The number of fused-ring (bicyclic) bond motifs is 1. The number of carboxylic acids is 2. The Bertz CT molecular complexity index is 951. The highest BCUT2D eigenvalue weighted by Crippen LogP contribution is 2.16. The third-order valence-electron chi connectivity index (χ3n) is 4.92. The molecule has 0 aliphatic carbocycles. The van der Waals surface area contributed by atoms with Crippen LogP contribution in [0.25, 0.3) is 0 Å². The maximum atomic E-state index is 12.6. The van der Waals surface area contributed by atoms with Crippen molar-refractivity contribution in [2.24, 2.45) is 0 Å². The maximum absolute atomic E-state index is 12.6.